The second kappa shape index (κ2) is 7.11. The Hall–Kier alpha value is -1.30. The number of aliphatic carboxylic acids is 1. The highest BCUT2D eigenvalue weighted by atomic mass is 16.4. The lowest BCUT2D eigenvalue weighted by molar-refractivity contribution is -0.142. The van der Waals surface area contributed by atoms with Crippen molar-refractivity contribution in [2.24, 2.45) is 11.8 Å². The topological polar surface area (TPSA) is 81.1 Å². The zero-order chi connectivity index (χ0) is 15.4. The van der Waals surface area contributed by atoms with Gasteiger partial charge in [-0.3, -0.25) is 4.79 Å². The third-order valence-electron chi connectivity index (χ3n) is 4.80. The number of likely N-dealkylation sites (tertiary alicyclic amines) is 1. The SMILES string of the molecule is C[C@@H]1CN(C(=O)N(CCO)C2CCCCC2)C[C@H]1C(=O)O. The lowest BCUT2D eigenvalue weighted by atomic mass is 9.94. The number of aliphatic hydroxyl groups is 1. The summed E-state index contributed by atoms with van der Waals surface area (Å²) in [7, 11) is 0. The largest absolute Gasteiger partial charge is 0.481 e. The van der Waals surface area contributed by atoms with Crippen LogP contribution in [0.25, 0.3) is 0 Å². The Kier molecular flexibility index (Phi) is 5.45. The van der Waals surface area contributed by atoms with Crippen LogP contribution in [-0.4, -0.2) is 64.3 Å². The normalized spacial score (nSPS) is 26.9. The molecule has 2 rings (SSSR count). The molecule has 0 aromatic carbocycles. The van der Waals surface area contributed by atoms with Crippen molar-refractivity contribution >= 4 is 12.0 Å². The number of carbonyl (C=O) groups is 2. The van der Waals surface area contributed by atoms with E-state index in [9.17, 15) is 19.8 Å². The molecular weight excluding hydrogens is 272 g/mol. The van der Waals surface area contributed by atoms with E-state index in [1.165, 1.54) is 6.42 Å². The minimum absolute atomic E-state index is 0.0196. The van der Waals surface area contributed by atoms with E-state index in [0.29, 0.717) is 13.1 Å². The average molecular weight is 298 g/mol. The maximum atomic E-state index is 12.7. The summed E-state index contributed by atoms with van der Waals surface area (Å²) in [6.07, 6.45) is 5.41. The monoisotopic (exact) mass is 298 g/mol. The zero-order valence-corrected chi connectivity index (χ0v) is 12.7. The van der Waals surface area contributed by atoms with Crippen LogP contribution in [0.1, 0.15) is 39.0 Å². The third-order valence-corrected chi connectivity index (χ3v) is 4.80. The standard InChI is InChI=1S/C15H26N2O4/c1-11-9-16(10-13(11)14(19)20)15(21)17(7-8-18)12-5-3-2-4-6-12/h11-13,18H,2-10H2,1H3,(H,19,20)/t11-,13-/m1/s1. The molecule has 0 radical (unpaired) electrons. The lowest BCUT2D eigenvalue weighted by Crippen LogP contribution is -2.49. The Labute approximate surface area is 125 Å². The second-order valence-corrected chi connectivity index (χ2v) is 6.32. The highest BCUT2D eigenvalue weighted by Crippen LogP contribution is 2.27. The van der Waals surface area contributed by atoms with Crippen LogP contribution in [0.15, 0.2) is 0 Å². The van der Waals surface area contributed by atoms with Crippen molar-refractivity contribution in [1.29, 1.82) is 0 Å². The van der Waals surface area contributed by atoms with E-state index in [1.807, 2.05) is 6.92 Å². The highest BCUT2D eigenvalue weighted by molar-refractivity contribution is 5.78. The molecule has 0 aromatic heterocycles. The van der Waals surface area contributed by atoms with Gasteiger partial charge in [-0.15, -0.1) is 0 Å². The molecule has 1 heterocycles. The Bertz CT molecular complexity index is 382. The average Bonchev–Trinajstić information content (AvgIpc) is 2.87. The molecule has 1 saturated heterocycles. The molecule has 0 spiro atoms. The summed E-state index contributed by atoms with van der Waals surface area (Å²) in [4.78, 5) is 27.3. The molecule has 1 aliphatic heterocycles. The maximum absolute atomic E-state index is 12.7. The molecule has 0 aromatic rings. The van der Waals surface area contributed by atoms with Gasteiger partial charge >= 0.3 is 12.0 Å². The summed E-state index contributed by atoms with van der Waals surface area (Å²) in [5.74, 6) is -1.32. The van der Waals surface area contributed by atoms with Gasteiger partial charge in [0.2, 0.25) is 0 Å². The number of rotatable bonds is 4. The van der Waals surface area contributed by atoms with E-state index in [2.05, 4.69) is 0 Å². The van der Waals surface area contributed by atoms with Crippen molar-refractivity contribution in [2.45, 2.75) is 45.1 Å². The molecule has 2 aliphatic rings. The number of carboxylic acids is 1. The quantitative estimate of drug-likeness (QED) is 0.821. The van der Waals surface area contributed by atoms with Crippen LogP contribution in [0, 0.1) is 11.8 Å². The molecule has 6 heteroatoms. The van der Waals surface area contributed by atoms with E-state index in [4.69, 9.17) is 0 Å². The summed E-state index contributed by atoms with van der Waals surface area (Å²) in [6.45, 7) is 2.94. The first kappa shape index (κ1) is 16.1. The predicted octanol–water partition coefficient (Wildman–Crippen LogP) is 1.39. The van der Waals surface area contributed by atoms with E-state index >= 15 is 0 Å². The Morgan fingerprint density at radius 1 is 1.19 bits per heavy atom. The molecular formula is C15H26N2O4. The van der Waals surface area contributed by atoms with Crippen molar-refractivity contribution < 1.29 is 19.8 Å². The lowest BCUT2D eigenvalue weighted by Gasteiger charge is -2.36. The van der Waals surface area contributed by atoms with Crippen molar-refractivity contribution in [3.63, 3.8) is 0 Å². The van der Waals surface area contributed by atoms with Crippen LogP contribution in [0.3, 0.4) is 0 Å². The van der Waals surface area contributed by atoms with Gasteiger partial charge in [0.05, 0.1) is 12.5 Å². The first-order chi connectivity index (χ1) is 10.0. The van der Waals surface area contributed by atoms with Crippen LogP contribution in [0.5, 0.6) is 0 Å². The van der Waals surface area contributed by atoms with Crippen molar-refractivity contribution in [2.75, 3.05) is 26.2 Å². The summed E-state index contributed by atoms with van der Waals surface area (Å²) >= 11 is 0. The molecule has 0 bridgehead atoms. The summed E-state index contributed by atoms with van der Waals surface area (Å²) in [6, 6.07) is 0.0872. The number of amides is 2. The van der Waals surface area contributed by atoms with E-state index in [-0.39, 0.29) is 31.1 Å². The van der Waals surface area contributed by atoms with Gasteiger partial charge in [0, 0.05) is 25.7 Å². The van der Waals surface area contributed by atoms with Gasteiger partial charge in [0.25, 0.3) is 0 Å². The maximum Gasteiger partial charge on any atom is 0.320 e. The van der Waals surface area contributed by atoms with Crippen LogP contribution in [0.4, 0.5) is 4.79 Å². The fourth-order valence-electron chi connectivity index (χ4n) is 3.56. The number of hydrogen-bond donors (Lipinski definition) is 2. The summed E-state index contributed by atoms with van der Waals surface area (Å²) in [5, 5.41) is 18.4. The van der Waals surface area contributed by atoms with Gasteiger partial charge in [0.15, 0.2) is 0 Å². The molecule has 2 fully saturated rings. The van der Waals surface area contributed by atoms with E-state index < -0.39 is 11.9 Å². The summed E-state index contributed by atoms with van der Waals surface area (Å²) in [5.41, 5.74) is 0. The Morgan fingerprint density at radius 2 is 1.86 bits per heavy atom. The van der Waals surface area contributed by atoms with Crippen LogP contribution < -0.4 is 0 Å². The molecule has 0 unspecified atom stereocenters. The van der Waals surface area contributed by atoms with Gasteiger partial charge in [-0.1, -0.05) is 26.2 Å². The molecule has 1 saturated carbocycles. The van der Waals surface area contributed by atoms with Gasteiger partial charge in [-0.2, -0.15) is 0 Å². The minimum Gasteiger partial charge on any atom is -0.481 e. The van der Waals surface area contributed by atoms with Crippen LogP contribution >= 0.6 is 0 Å². The number of urea groups is 1. The third kappa shape index (κ3) is 3.67. The Balaban J connectivity index is 2.03. The predicted molar refractivity (Wildman–Crippen MR) is 77.9 cm³/mol. The molecule has 21 heavy (non-hydrogen) atoms. The second-order valence-electron chi connectivity index (χ2n) is 6.32. The minimum atomic E-state index is -0.829. The molecule has 6 nitrogen and oxygen atoms in total. The van der Waals surface area contributed by atoms with E-state index in [1.54, 1.807) is 9.80 Å². The highest BCUT2D eigenvalue weighted by Gasteiger charge is 2.39. The fraction of sp³-hybridized carbons (Fsp3) is 0.867. The van der Waals surface area contributed by atoms with Gasteiger partial charge in [-0.05, 0) is 18.8 Å². The molecule has 2 amide bonds. The van der Waals surface area contributed by atoms with Gasteiger partial charge < -0.3 is 20.0 Å². The van der Waals surface area contributed by atoms with Crippen molar-refractivity contribution in [3.05, 3.63) is 0 Å². The first-order valence-electron chi connectivity index (χ1n) is 7.93. The molecule has 2 N–H and O–H groups in total. The number of nitrogens with zero attached hydrogens (tertiary/aromatic N) is 2. The first-order valence-corrected chi connectivity index (χ1v) is 7.93. The smallest absolute Gasteiger partial charge is 0.320 e. The van der Waals surface area contributed by atoms with Crippen LogP contribution in [0.2, 0.25) is 0 Å². The van der Waals surface area contributed by atoms with Gasteiger partial charge in [-0.25, -0.2) is 4.79 Å². The Morgan fingerprint density at radius 3 is 2.38 bits per heavy atom. The van der Waals surface area contributed by atoms with Crippen LogP contribution in [-0.2, 0) is 4.79 Å². The van der Waals surface area contributed by atoms with E-state index in [0.717, 1.165) is 25.7 Å². The number of carboxylic acid groups (broad SMARTS) is 1. The van der Waals surface area contributed by atoms with Gasteiger partial charge in [0.1, 0.15) is 0 Å². The molecule has 120 valence electrons. The number of carbonyl (C=O) groups excluding carboxylic acids is 1. The number of hydrogen-bond acceptors (Lipinski definition) is 3. The molecule has 1 aliphatic carbocycles. The zero-order valence-electron chi connectivity index (χ0n) is 12.7. The number of aliphatic hydroxyl groups excluding tert-OH is 1. The van der Waals surface area contributed by atoms with Crippen molar-refractivity contribution in [3.8, 4) is 0 Å². The fourth-order valence-corrected chi connectivity index (χ4v) is 3.56. The molecule has 2 atom stereocenters. The van der Waals surface area contributed by atoms with Crippen molar-refractivity contribution in [1.82, 2.24) is 9.80 Å². The summed E-state index contributed by atoms with van der Waals surface area (Å²) < 4.78 is 0.